The largest absolute Gasteiger partial charge is 0.493 e. The average molecular weight is 356 g/mol. The molecule has 0 saturated carbocycles. The summed E-state index contributed by atoms with van der Waals surface area (Å²) in [5.74, 6) is 0.512. The second kappa shape index (κ2) is 7.31. The first-order valence-corrected chi connectivity index (χ1v) is 8.34. The molecule has 128 valence electrons. The molecule has 0 radical (unpaired) electrons. The fourth-order valence-electron chi connectivity index (χ4n) is 2.33. The van der Waals surface area contributed by atoms with Crippen molar-refractivity contribution >= 4 is 39.4 Å². The third-order valence-corrected chi connectivity index (χ3v) is 4.40. The van der Waals surface area contributed by atoms with E-state index in [1.807, 2.05) is 19.1 Å². The van der Waals surface area contributed by atoms with Crippen LogP contribution in [0.2, 0.25) is 0 Å². The van der Waals surface area contributed by atoms with Gasteiger partial charge in [0.25, 0.3) is 5.91 Å². The number of aromatic nitrogens is 1. The molecule has 0 unspecified atom stereocenters. The first-order valence-electron chi connectivity index (χ1n) is 7.52. The van der Waals surface area contributed by atoms with Crippen LogP contribution in [0, 0.1) is 6.92 Å². The van der Waals surface area contributed by atoms with Gasteiger partial charge in [-0.2, -0.15) is 0 Å². The molecule has 0 aliphatic rings. The molecule has 6 nitrogen and oxygen atoms in total. The Bertz CT molecular complexity index is 936. The number of nitrogens with zero attached hydrogens (tertiary/aromatic N) is 1. The summed E-state index contributed by atoms with van der Waals surface area (Å²) in [5, 5.41) is 3.77. The van der Waals surface area contributed by atoms with Crippen LogP contribution in [0.15, 0.2) is 36.4 Å². The average Bonchev–Trinajstić information content (AvgIpc) is 2.99. The monoisotopic (exact) mass is 356 g/mol. The molecule has 0 saturated heterocycles. The summed E-state index contributed by atoms with van der Waals surface area (Å²) < 4.78 is 11.7. The Labute approximate surface area is 148 Å². The van der Waals surface area contributed by atoms with Crippen LogP contribution in [0.3, 0.4) is 0 Å². The van der Waals surface area contributed by atoms with Crippen molar-refractivity contribution in [2.24, 2.45) is 0 Å². The molecule has 3 aromatic rings. The van der Waals surface area contributed by atoms with Crippen LogP contribution in [-0.4, -0.2) is 30.9 Å². The number of aryl methyl sites for hydroxylation is 1. The maximum absolute atomic E-state index is 12.1. The maximum atomic E-state index is 12.1. The van der Waals surface area contributed by atoms with E-state index in [9.17, 15) is 9.59 Å². The van der Waals surface area contributed by atoms with E-state index < -0.39 is 0 Å². The fourth-order valence-corrected chi connectivity index (χ4v) is 3.20. The molecule has 0 spiro atoms. The van der Waals surface area contributed by atoms with Crippen molar-refractivity contribution in [3.63, 3.8) is 0 Å². The van der Waals surface area contributed by atoms with Crippen LogP contribution >= 0.6 is 11.3 Å². The van der Waals surface area contributed by atoms with Gasteiger partial charge in [0, 0.05) is 11.3 Å². The Hall–Kier alpha value is -2.93. The number of amides is 1. The highest BCUT2D eigenvalue weighted by Gasteiger charge is 2.10. The van der Waals surface area contributed by atoms with Gasteiger partial charge >= 0.3 is 0 Å². The number of carbonyl (C=O) groups is 2. The van der Waals surface area contributed by atoms with Crippen molar-refractivity contribution in [1.29, 1.82) is 0 Å². The quantitative estimate of drug-likeness (QED) is 0.685. The highest BCUT2D eigenvalue weighted by molar-refractivity contribution is 7.18. The maximum Gasteiger partial charge on any atom is 0.262 e. The summed E-state index contributed by atoms with van der Waals surface area (Å²) in [6.45, 7) is 1.77. The Morgan fingerprint density at radius 2 is 2.08 bits per heavy atom. The molecule has 25 heavy (non-hydrogen) atoms. The minimum absolute atomic E-state index is 0.170. The molecule has 0 aliphatic carbocycles. The molecule has 3 rings (SSSR count). The minimum Gasteiger partial charge on any atom is -0.493 e. The number of nitrogens with one attached hydrogen (secondary N) is 1. The summed E-state index contributed by atoms with van der Waals surface area (Å²) in [4.78, 5) is 27.3. The number of hydrogen-bond acceptors (Lipinski definition) is 6. The number of carbonyl (C=O) groups excluding carboxylic acids is 2. The molecule has 0 aliphatic heterocycles. The Morgan fingerprint density at radius 3 is 2.84 bits per heavy atom. The molecule has 1 amide bonds. The fraction of sp³-hybridized carbons (Fsp3) is 0.167. The van der Waals surface area contributed by atoms with E-state index in [2.05, 4.69) is 10.3 Å². The normalized spacial score (nSPS) is 10.5. The van der Waals surface area contributed by atoms with Gasteiger partial charge in [-0.05, 0) is 43.3 Å². The van der Waals surface area contributed by atoms with Crippen molar-refractivity contribution < 1.29 is 19.1 Å². The lowest BCUT2D eigenvalue weighted by molar-refractivity contribution is -0.118. The first kappa shape index (κ1) is 16.9. The summed E-state index contributed by atoms with van der Waals surface area (Å²) in [7, 11) is 1.48. The Morgan fingerprint density at radius 1 is 1.24 bits per heavy atom. The number of methoxy groups -OCH3 is 1. The topological polar surface area (TPSA) is 77.5 Å². The number of fused-ring (bicyclic) bond motifs is 1. The van der Waals surface area contributed by atoms with Gasteiger partial charge in [0.1, 0.15) is 6.29 Å². The van der Waals surface area contributed by atoms with Gasteiger partial charge < -0.3 is 14.8 Å². The molecule has 0 atom stereocenters. The summed E-state index contributed by atoms with van der Waals surface area (Å²) in [5.41, 5.74) is 2.08. The smallest absolute Gasteiger partial charge is 0.262 e. The lowest BCUT2D eigenvalue weighted by Gasteiger charge is -2.11. The number of aldehydes is 1. The molecular formula is C18H16N2O4S. The van der Waals surface area contributed by atoms with E-state index >= 15 is 0 Å². The van der Waals surface area contributed by atoms with Crippen molar-refractivity contribution in [2.45, 2.75) is 6.92 Å². The number of benzene rings is 2. The van der Waals surface area contributed by atoms with Crippen molar-refractivity contribution in [3.05, 3.63) is 47.0 Å². The molecule has 2 aromatic carbocycles. The van der Waals surface area contributed by atoms with E-state index in [0.717, 1.165) is 21.5 Å². The predicted molar refractivity (Wildman–Crippen MR) is 96.9 cm³/mol. The van der Waals surface area contributed by atoms with Gasteiger partial charge in [-0.1, -0.05) is 0 Å². The van der Waals surface area contributed by atoms with Crippen molar-refractivity contribution in [3.8, 4) is 11.5 Å². The second-order valence-electron chi connectivity index (χ2n) is 5.28. The zero-order chi connectivity index (χ0) is 17.8. The van der Waals surface area contributed by atoms with Crippen LogP contribution in [0.5, 0.6) is 11.5 Å². The minimum atomic E-state index is -0.290. The van der Waals surface area contributed by atoms with Crippen LogP contribution in [-0.2, 0) is 4.79 Å². The number of rotatable bonds is 6. The van der Waals surface area contributed by atoms with Gasteiger partial charge in [-0.25, -0.2) is 4.98 Å². The summed E-state index contributed by atoms with van der Waals surface area (Å²) in [6, 6.07) is 10.3. The Kier molecular flexibility index (Phi) is 4.95. The van der Waals surface area contributed by atoms with Gasteiger partial charge in [0.2, 0.25) is 0 Å². The van der Waals surface area contributed by atoms with Crippen LogP contribution in [0.4, 0.5) is 5.69 Å². The van der Waals surface area contributed by atoms with E-state index in [0.29, 0.717) is 22.7 Å². The summed E-state index contributed by atoms with van der Waals surface area (Å²) >= 11 is 1.57. The Balaban J connectivity index is 1.65. The van der Waals surface area contributed by atoms with Gasteiger partial charge in [0.15, 0.2) is 18.1 Å². The van der Waals surface area contributed by atoms with Crippen LogP contribution in [0.25, 0.3) is 10.2 Å². The van der Waals surface area contributed by atoms with E-state index in [-0.39, 0.29) is 12.5 Å². The SMILES string of the molecule is COc1cc(C=O)ccc1OCC(=O)Nc1ccc2nc(C)sc2c1. The van der Waals surface area contributed by atoms with Gasteiger partial charge in [-0.3, -0.25) is 9.59 Å². The number of ether oxygens (including phenoxy) is 2. The standard InChI is InChI=1S/C18H16N2O4S/c1-11-19-14-5-4-13(8-17(14)25-11)20-18(22)10-24-15-6-3-12(9-21)7-16(15)23-2/h3-9H,10H2,1-2H3,(H,20,22). The van der Waals surface area contributed by atoms with Crippen LogP contribution < -0.4 is 14.8 Å². The third-order valence-electron chi connectivity index (χ3n) is 3.46. The number of hydrogen-bond donors (Lipinski definition) is 1. The van der Waals surface area contributed by atoms with Gasteiger partial charge in [-0.15, -0.1) is 11.3 Å². The lowest BCUT2D eigenvalue weighted by Crippen LogP contribution is -2.20. The van der Waals surface area contributed by atoms with E-state index in [1.165, 1.54) is 7.11 Å². The lowest BCUT2D eigenvalue weighted by atomic mass is 10.2. The highest BCUT2D eigenvalue weighted by Crippen LogP contribution is 2.28. The van der Waals surface area contributed by atoms with Gasteiger partial charge in [0.05, 0.1) is 22.3 Å². The number of anilines is 1. The molecule has 7 heteroatoms. The molecule has 1 heterocycles. The molecule has 1 aromatic heterocycles. The third kappa shape index (κ3) is 3.95. The molecule has 0 fully saturated rings. The molecular weight excluding hydrogens is 340 g/mol. The zero-order valence-electron chi connectivity index (χ0n) is 13.7. The predicted octanol–water partition coefficient (Wildman–Crippen LogP) is 3.44. The summed E-state index contributed by atoms with van der Waals surface area (Å²) in [6.07, 6.45) is 0.719. The van der Waals surface area contributed by atoms with E-state index in [4.69, 9.17) is 9.47 Å². The highest BCUT2D eigenvalue weighted by atomic mass is 32.1. The van der Waals surface area contributed by atoms with E-state index in [1.54, 1.807) is 35.6 Å². The van der Waals surface area contributed by atoms with Crippen LogP contribution in [0.1, 0.15) is 15.4 Å². The second-order valence-corrected chi connectivity index (χ2v) is 6.52. The van der Waals surface area contributed by atoms with Crippen molar-refractivity contribution in [2.75, 3.05) is 19.0 Å². The number of thiazole rings is 1. The zero-order valence-corrected chi connectivity index (χ0v) is 14.6. The molecule has 0 bridgehead atoms. The molecule has 1 N–H and O–H groups in total. The first-order chi connectivity index (χ1) is 12.1. The van der Waals surface area contributed by atoms with Crippen molar-refractivity contribution in [1.82, 2.24) is 4.98 Å².